The molecule has 4 heteroatoms. The molecule has 2 N–H and O–H groups in total. The molecule has 0 bridgehead atoms. The Morgan fingerprint density at radius 2 is 1.89 bits per heavy atom. The monoisotopic (exact) mass is 269 g/mol. The van der Waals surface area contributed by atoms with Crippen LogP contribution in [0.25, 0.3) is 0 Å². The smallest absolute Gasteiger partial charge is 0.123 e. The van der Waals surface area contributed by atoms with Crippen LogP contribution in [0.3, 0.4) is 0 Å². The number of methoxy groups -OCH3 is 1. The fourth-order valence-electron chi connectivity index (χ4n) is 1.91. The van der Waals surface area contributed by atoms with Crippen molar-refractivity contribution in [2.45, 2.75) is 32.4 Å². The van der Waals surface area contributed by atoms with Gasteiger partial charge in [0, 0.05) is 19.7 Å². The highest BCUT2D eigenvalue weighted by Crippen LogP contribution is 2.20. The summed E-state index contributed by atoms with van der Waals surface area (Å²) in [5, 5.41) is 13.8. The Morgan fingerprint density at radius 1 is 1.32 bits per heavy atom. The fourth-order valence-corrected chi connectivity index (χ4v) is 1.91. The van der Waals surface area contributed by atoms with Crippen LogP contribution in [0.4, 0.5) is 4.39 Å². The molecule has 108 valence electrons. The predicted molar refractivity (Wildman–Crippen MR) is 74.5 cm³/mol. The van der Waals surface area contributed by atoms with Crippen molar-refractivity contribution in [3.05, 3.63) is 35.6 Å². The third-order valence-electron chi connectivity index (χ3n) is 3.33. The van der Waals surface area contributed by atoms with E-state index in [0.29, 0.717) is 24.6 Å². The number of halogens is 1. The van der Waals surface area contributed by atoms with E-state index in [1.165, 1.54) is 12.1 Å². The summed E-state index contributed by atoms with van der Waals surface area (Å²) >= 11 is 0. The highest BCUT2D eigenvalue weighted by Gasteiger charge is 2.25. The van der Waals surface area contributed by atoms with Gasteiger partial charge in [0.25, 0.3) is 0 Å². The average Bonchev–Trinajstić information content (AvgIpc) is 2.34. The number of rotatable bonds is 7. The summed E-state index contributed by atoms with van der Waals surface area (Å²) < 4.78 is 18.0. The molecule has 0 aliphatic carbocycles. The van der Waals surface area contributed by atoms with Gasteiger partial charge < -0.3 is 15.2 Å². The number of hydrogen-bond donors (Lipinski definition) is 2. The van der Waals surface area contributed by atoms with Crippen molar-refractivity contribution in [2.75, 3.05) is 20.3 Å². The van der Waals surface area contributed by atoms with Gasteiger partial charge in [0.1, 0.15) is 5.82 Å². The number of aliphatic hydroxyl groups is 1. The Labute approximate surface area is 114 Å². The molecule has 0 saturated carbocycles. The van der Waals surface area contributed by atoms with Crippen LogP contribution in [0.2, 0.25) is 0 Å². The quantitative estimate of drug-likeness (QED) is 0.798. The number of nitrogens with one attached hydrogen (secondary N) is 1. The summed E-state index contributed by atoms with van der Waals surface area (Å²) in [5.41, 5.74) is -0.337. The Kier molecular flexibility index (Phi) is 5.91. The zero-order valence-corrected chi connectivity index (χ0v) is 12.1. The topological polar surface area (TPSA) is 41.5 Å². The Hall–Kier alpha value is -0.970. The van der Waals surface area contributed by atoms with E-state index in [2.05, 4.69) is 19.2 Å². The minimum absolute atomic E-state index is 0.178. The molecule has 0 aliphatic heterocycles. The Morgan fingerprint density at radius 3 is 2.37 bits per heavy atom. The molecular formula is C15H24FNO2. The second-order valence-corrected chi connectivity index (χ2v) is 5.47. The van der Waals surface area contributed by atoms with Crippen LogP contribution in [0.1, 0.15) is 26.3 Å². The van der Waals surface area contributed by atoms with E-state index < -0.39 is 5.60 Å². The number of ether oxygens (including phenoxy) is 1. The first-order valence-corrected chi connectivity index (χ1v) is 6.57. The number of benzene rings is 1. The maximum atomic E-state index is 12.9. The van der Waals surface area contributed by atoms with Gasteiger partial charge in [0.05, 0.1) is 12.2 Å². The standard InChI is InChI=1S/C15H24FNO2/c1-11(2)14(9-19-4)17-10-15(3,18)12-5-7-13(16)8-6-12/h5-8,11,14,17-18H,9-10H2,1-4H3. The maximum Gasteiger partial charge on any atom is 0.123 e. The fraction of sp³-hybridized carbons (Fsp3) is 0.600. The normalized spacial score (nSPS) is 16.4. The maximum absolute atomic E-state index is 12.9. The van der Waals surface area contributed by atoms with Crippen LogP contribution in [0, 0.1) is 11.7 Å². The van der Waals surface area contributed by atoms with Crippen molar-refractivity contribution < 1.29 is 14.2 Å². The summed E-state index contributed by atoms with van der Waals surface area (Å²) in [7, 11) is 1.66. The third kappa shape index (κ3) is 4.90. The van der Waals surface area contributed by atoms with Crippen molar-refractivity contribution in [1.29, 1.82) is 0 Å². The van der Waals surface area contributed by atoms with Crippen LogP contribution in [0.15, 0.2) is 24.3 Å². The van der Waals surface area contributed by atoms with Crippen LogP contribution < -0.4 is 5.32 Å². The third-order valence-corrected chi connectivity index (χ3v) is 3.33. The summed E-state index contributed by atoms with van der Waals surface area (Å²) in [6.45, 7) is 6.91. The van der Waals surface area contributed by atoms with Crippen LogP contribution >= 0.6 is 0 Å². The molecule has 0 heterocycles. The predicted octanol–water partition coefficient (Wildman–Crippen LogP) is 2.29. The zero-order valence-electron chi connectivity index (χ0n) is 12.1. The molecule has 0 spiro atoms. The highest BCUT2D eigenvalue weighted by atomic mass is 19.1. The van der Waals surface area contributed by atoms with Gasteiger partial charge in [-0.15, -0.1) is 0 Å². The van der Waals surface area contributed by atoms with E-state index in [4.69, 9.17) is 4.74 Å². The molecule has 1 aromatic carbocycles. The number of hydrogen-bond acceptors (Lipinski definition) is 3. The van der Waals surface area contributed by atoms with E-state index in [9.17, 15) is 9.50 Å². The molecule has 0 aliphatic rings. The molecule has 0 aromatic heterocycles. The van der Waals surface area contributed by atoms with Crippen molar-refractivity contribution in [2.24, 2.45) is 5.92 Å². The van der Waals surface area contributed by atoms with Crippen molar-refractivity contribution in [1.82, 2.24) is 5.32 Å². The van der Waals surface area contributed by atoms with Crippen molar-refractivity contribution in [3.63, 3.8) is 0 Å². The second-order valence-electron chi connectivity index (χ2n) is 5.47. The Balaban J connectivity index is 2.65. The lowest BCUT2D eigenvalue weighted by Gasteiger charge is -2.29. The van der Waals surface area contributed by atoms with Gasteiger partial charge in [-0.05, 0) is 30.5 Å². The van der Waals surface area contributed by atoms with E-state index in [0.717, 1.165) is 0 Å². The summed E-state index contributed by atoms with van der Waals surface area (Å²) in [4.78, 5) is 0. The first-order valence-electron chi connectivity index (χ1n) is 6.57. The largest absolute Gasteiger partial charge is 0.384 e. The molecule has 0 saturated heterocycles. The molecule has 0 radical (unpaired) electrons. The molecule has 0 fully saturated rings. The van der Waals surface area contributed by atoms with Crippen LogP contribution in [-0.2, 0) is 10.3 Å². The van der Waals surface area contributed by atoms with Gasteiger partial charge >= 0.3 is 0 Å². The first-order chi connectivity index (χ1) is 8.86. The highest BCUT2D eigenvalue weighted by molar-refractivity contribution is 5.22. The first kappa shape index (κ1) is 16.1. The van der Waals surface area contributed by atoms with E-state index in [1.807, 2.05) is 0 Å². The van der Waals surface area contributed by atoms with Gasteiger partial charge in [0.2, 0.25) is 0 Å². The molecule has 1 rings (SSSR count). The van der Waals surface area contributed by atoms with E-state index >= 15 is 0 Å². The van der Waals surface area contributed by atoms with Gasteiger partial charge in [0.15, 0.2) is 0 Å². The minimum atomic E-state index is -1.03. The lowest BCUT2D eigenvalue weighted by Crippen LogP contribution is -2.45. The lowest BCUT2D eigenvalue weighted by molar-refractivity contribution is 0.0452. The second kappa shape index (κ2) is 6.98. The molecule has 2 unspecified atom stereocenters. The van der Waals surface area contributed by atoms with Crippen molar-refractivity contribution >= 4 is 0 Å². The van der Waals surface area contributed by atoms with E-state index in [1.54, 1.807) is 26.2 Å². The SMILES string of the molecule is COCC(NCC(C)(O)c1ccc(F)cc1)C(C)C. The van der Waals surface area contributed by atoms with Gasteiger partial charge in [-0.2, -0.15) is 0 Å². The molecule has 19 heavy (non-hydrogen) atoms. The molecule has 1 aromatic rings. The Bertz CT molecular complexity index is 376. The lowest BCUT2D eigenvalue weighted by atomic mass is 9.95. The van der Waals surface area contributed by atoms with Crippen molar-refractivity contribution in [3.8, 4) is 0 Å². The average molecular weight is 269 g/mol. The summed E-state index contributed by atoms with van der Waals surface area (Å²) in [5.74, 6) is 0.107. The van der Waals surface area contributed by atoms with E-state index in [-0.39, 0.29) is 11.9 Å². The van der Waals surface area contributed by atoms with Crippen LogP contribution in [0.5, 0.6) is 0 Å². The van der Waals surface area contributed by atoms with Crippen LogP contribution in [-0.4, -0.2) is 31.4 Å². The van der Waals surface area contributed by atoms with Gasteiger partial charge in [-0.1, -0.05) is 26.0 Å². The minimum Gasteiger partial charge on any atom is -0.384 e. The summed E-state index contributed by atoms with van der Waals surface area (Å²) in [6, 6.07) is 6.12. The molecule has 0 amide bonds. The molecule has 2 atom stereocenters. The van der Waals surface area contributed by atoms with Gasteiger partial charge in [-0.3, -0.25) is 0 Å². The zero-order chi connectivity index (χ0) is 14.5. The summed E-state index contributed by atoms with van der Waals surface area (Å²) in [6.07, 6.45) is 0. The van der Waals surface area contributed by atoms with Gasteiger partial charge in [-0.25, -0.2) is 4.39 Å². The molecular weight excluding hydrogens is 245 g/mol. The molecule has 3 nitrogen and oxygen atoms in total.